The van der Waals surface area contributed by atoms with Crippen molar-refractivity contribution < 1.29 is 14.6 Å². The number of ether oxygens (including phenoxy) is 2. The molecule has 1 aliphatic rings. The zero-order valence-corrected chi connectivity index (χ0v) is 19.0. The van der Waals surface area contributed by atoms with E-state index in [9.17, 15) is 5.11 Å². The molecule has 1 atom stereocenters. The van der Waals surface area contributed by atoms with Crippen LogP contribution in [0.2, 0.25) is 0 Å². The highest BCUT2D eigenvalue weighted by atomic mass is 127. The lowest BCUT2D eigenvalue weighted by atomic mass is 9.94. The van der Waals surface area contributed by atoms with Crippen LogP contribution in [-0.4, -0.2) is 29.9 Å². The molecule has 0 aliphatic carbocycles. The molecule has 152 valence electrons. The van der Waals surface area contributed by atoms with Crippen LogP contribution in [0, 0.1) is 3.57 Å². The zero-order chi connectivity index (χ0) is 20.8. The summed E-state index contributed by atoms with van der Waals surface area (Å²) in [6.07, 6.45) is 8.74. The van der Waals surface area contributed by atoms with Gasteiger partial charge in [0, 0.05) is 6.20 Å². The number of allylic oxidation sites excluding steroid dienone is 1. The number of phenols is 1. The second-order valence-corrected chi connectivity index (χ2v) is 8.08. The van der Waals surface area contributed by atoms with Crippen LogP contribution in [-0.2, 0) is 4.74 Å². The third kappa shape index (κ3) is 5.28. The molecule has 0 bridgehead atoms. The van der Waals surface area contributed by atoms with Crippen molar-refractivity contribution in [3.63, 3.8) is 0 Å². The second kappa shape index (κ2) is 10.1. The Hall–Kier alpha value is -2.12. The maximum atomic E-state index is 10.1. The van der Waals surface area contributed by atoms with Gasteiger partial charge in [0.2, 0.25) is 0 Å². The lowest BCUT2D eigenvalue weighted by molar-refractivity contribution is 0.117. The molecular weight excluding hydrogens is 477 g/mol. The summed E-state index contributed by atoms with van der Waals surface area (Å²) in [6, 6.07) is 9.72. The molecule has 2 aromatic rings. The molecule has 0 saturated heterocycles. The highest BCUT2D eigenvalue weighted by Crippen LogP contribution is 2.35. The van der Waals surface area contributed by atoms with Gasteiger partial charge in [-0.1, -0.05) is 25.6 Å². The van der Waals surface area contributed by atoms with Gasteiger partial charge in [-0.15, -0.1) is 0 Å². The molecule has 3 rings (SSSR count). The SMILES string of the molecule is C=C(CC)C1=CCOC1CC/C(=C/c1cc(I)c(O)c(OC)c1)c1ccccn1. The summed E-state index contributed by atoms with van der Waals surface area (Å²) in [4.78, 5) is 4.55. The summed E-state index contributed by atoms with van der Waals surface area (Å²) in [5.41, 5.74) is 5.40. The van der Waals surface area contributed by atoms with Crippen molar-refractivity contribution in [3.8, 4) is 11.5 Å². The molecule has 0 fully saturated rings. The van der Waals surface area contributed by atoms with Gasteiger partial charge in [0.25, 0.3) is 0 Å². The summed E-state index contributed by atoms with van der Waals surface area (Å²) < 4.78 is 12.0. The van der Waals surface area contributed by atoms with Crippen LogP contribution in [0.25, 0.3) is 11.6 Å². The largest absolute Gasteiger partial charge is 0.504 e. The molecule has 0 saturated carbocycles. The average Bonchev–Trinajstić information content (AvgIpc) is 3.22. The first-order valence-corrected chi connectivity index (χ1v) is 10.8. The smallest absolute Gasteiger partial charge is 0.171 e. The topological polar surface area (TPSA) is 51.6 Å². The van der Waals surface area contributed by atoms with Gasteiger partial charge in [0.1, 0.15) is 0 Å². The van der Waals surface area contributed by atoms with Gasteiger partial charge >= 0.3 is 0 Å². The van der Waals surface area contributed by atoms with Crippen LogP contribution in [0.15, 0.2) is 60.3 Å². The zero-order valence-electron chi connectivity index (χ0n) is 16.8. The van der Waals surface area contributed by atoms with E-state index in [0.717, 1.165) is 45.2 Å². The van der Waals surface area contributed by atoms with E-state index in [1.54, 1.807) is 13.3 Å². The normalized spacial score (nSPS) is 16.6. The van der Waals surface area contributed by atoms with Crippen molar-refractivity contribution in [2.45, 2.75) is 32.3 Å². The van der Waals surface area contributed by atoms with E-state index in [1.807, 2.05) is 30.3 Å². The Morgan fingerprint density at radius 1 is 1.41 bits per heavy atom. The molecule has 0 amide bonds. The van der Waals surface area contributed by atoms with Crippen molar-refractivity contribution in [1.29, 1.82) is 0 Å². The summed E-state index contributed by atoms with van der Waals surface area (Å²) >= 11 is 2.11. The van der Waals surface area contributed by atoms with Crippen LogP contribution in [0.5, 0.6) is 11.5 Å². The van der Waals surface area contributed by atoms with Gasteiger partial charge in [-0.05, 0) is 94.5 Å². The van der Waals surface area contributed by atoms with E-state index in [1.165, 1.54) is 5.57 Å². The fourth-order valence-corrected chi connectivity index (χ4v) is 4.06. The van der Waals surface area contributed by atoms with Crippen molar-refractivity contribution in [2.24, 2.45) is 0 Å². The number of nitrogens with zero attached hydrogens (tertiary/aromatic N) is 1. The fourth-order valence-electron chi connectivity index (χ4n) is 3.44. The van der Waals surface area contributed by atoms with Gasteiger partial charge < -0.3 is 14.6 Å². The minimum Gasteiger partial charge on any atom is -0.504 e. The predicted molar refractivity (Wildman–Crippen MR) is 126 cm³/mol. The Kier molecular flexibility index (Phi) is 7.50. The molecule has 1 N–H and O–H groups in total. The second-order valence-electron chi connectivity index (χ2n) is 6.92. The van der Waals surface area contributed by atoms with Crippen LogP contribution >= 0.6 is 22.6 Å². The molecule has 1 aromatic heterocycles. The number of aromatic hydroxyl groups is 1. The predicted octanol–water partition coefficient (Wildman–Crippen LogP) is 6.01. The highest BCUT2D eigenvalue weighted by Gasteiger charge is 2.22. The van der Waals surface area contributed by atoms with Crippen LogP contribution < -0.4 is 4.74 Å². The van der Waals surface area contributed by atoms with Gasteiger partial charge in [-0.2, -0.15) is 0 Å². The molecular formula is C24H26INO3. The number of rotatable bonds is 8. The number of methoxy groups -OCH3 is 1. The van der Waals surface area contributed by atoms with Crippen LogP contribution in [0.4, 0.5) is 0 Å². The average molecular weight is 503 g/mol. The van der Waals surface area contributed by atoms with Crippen molar-refractivity contribution in [2.75, 3.05) is 13.7 Å². The summed E-state index contributed by atoms with van der Waals surface area (Å²) in [6.45, 7) is 6.95. The Morgan fingerprint density at radius 3 is 2.93 bits per heavy atom. The molecule has 29 heavy (non-hydrogen) atoms. The lowest BCUT2D eigenvalue weighted by Gasteiger charge is -2.17. The number of aromatic nitrogens is 1. The quantitative estimate of drug-likeness (QED) is 0.449. The molecule has 2 heterocycles. The Labute approximate surface area is 186 Å². The van der Waals surface area contributed by atoms with Crippen molar-refractivity contribution in [3.05, 3.63) is 75.2 Å². The maximum absolute atomic E-state index is 10.1. The van der Waals surface area contributed by atoms with Crippen molar-refractivity contribution >= 4 is 34.2 Å². The Bertz CT molecular complexity index is 935. The number of halogens is 1. The standard InChI is InChI=1S/C24H26INO3/c1-4-16(2)19-10-12-29-22(19)9-8-18(21-7-5-6-11-26-21)13-17-14-20(25)24(27)23(15-17)28-3/h5-7,10-11,13-15,22,27H,2,4,8-9,12H2,1,3H3/b18-13-. The van der Waals surface area contributed by atoms with Gasteiger partial charge in [0.15, 0.2) is 11.5 Å². The maximum Gasteiger partial charge on any atom is 0.171 e. The van der Waals surface area contributed by atoms with E-state index >= 15 is 0 Å². The van der Waals surface area contributed by atoms with Crippen LogP contribution in [0.1, 0.15) is 37.4 Å². The Balaban J connectivity index is 1.89. The van der Waals surface area contributed by atoms with Gasteiger partial charge in [-0.25, -0.2) is 0 Å². The van der Waals surface area contributed by atoms with Crippen molar-refractivity contribution in [1.82, 2.24) is 4.98 Å². The first-order chi connectivity index (χ1) is 14.0. The number of hydrogen-bond donors (Lipinski definition) is 1. The highest BCUT2D eigenvalue weighted by molar-refractivity contribution is 14.1. The van der Waals surface area contributed by atoms with E-state index < -0.39 is 0 Å². The van der Waals surface area contributed by atoms with E-state index in [0.29, 0.717) is 12.4 Å². The molecule has 1 aliphatic heterocycles. The van der Waals surface area contributed by atoms with Gasteiger partial charge in [-0.3, -0.25) is 4.98 Å². The third-order valence-corrected chi connectivity index (χ3v) is 5.89. The number of benzene rings is 1. The first kappa shape index (κ1) is 21.6. The van der Waals surface area contributed by atoms with E-state index in [2.05, 4.69) is 53.2 Å². The van der Waals surface area contributed by atoms with Crippen LogP contribution in [0.3, 0.4) is 0 Å². The molecule has 1 unspecified atom stereocenters. The number of hydrogen-bond acceptors (Lipinski definition) is 4. The first-order valence-electron chi connectivity index (χ1n) is 9.71. The molecule has 4 nitrogen and oxygen atoms in total. The molecule has 0 radical (unpaired) electrons. The van der Waals surface area contributed by atoms with E-state index in [4.69, 9.17) is 9.47 Å². The number of pyridine rings is 1. The minimum atomic E-state index is 0.0732. The van der Waals surface area contributed by atoms with Gasteiger partial charge in [0.05, 0.1) is 29.1 Å². The fraction of sp³-hybridized carbons (Fsp3) is 0.292. The third-order valence-electron chi connectivity index (χ3n) is 5.06. The minimum absolute atomic E-state index is 0.0732. The summed E-state index contributed by atoms with van der Waals surface area (Å²) in [5, 5.41) is 10.1. The summed E-state index contributed by atoms with van der Waals surface area (Å²) in [5.74, 6) is 0.629. The molecule has 0 spiro atoms. The monoisotopic (exact) mass is 503 g/mol. The summed E-state index contributed by atoms with van der Waals surface area (Å²) in [7, 11) is 1.56. The van der Waals surface area contributed by atoms with E-state index in [-0.39, 0.29) is 11.9 Å². The number of phenolic OH excluding ortho intramolecular Hbond substituents is 1. The Morgan fingerprint density at radius 2 is 2.24 bits per heavy atom. The molecule has 1 aromatic carbocycles. The lowest BCUT2D eigenvalue weighted by Crippen LogP contribution is -2.11. The molecule has 5 heteroatoms.